The van der Waals surface area contributed by atoms with Crippen molar-refractivity contribution >= 4 is 43.4 Å². The fourth-order valence-corrected chi connectivity index (χ4v) is 2.61. The van der Waals surface area contributed by atoms with E-state index < -0.39 is 16.1 Å². The number of rotatable bonds is 7. The van der Waals surface area contributed by atoms with Gasteiger partial charge in [0.05, 0.1) is 15.5 Å². The van der Waals surface area contributed by atoms with Crippen LogP contribution in [-0.4, -0.2) is 36.1 Å². The monoisotopic (exact) mass is 415 g/mol. The fourth-order valence-electron chi connectivity index (χ4n) is 1.77. The Bertz CT molecular complexity index is 799. The quantitative estimate of drug-likeness (QED) is 0.542. The van der Waals surface area contributed by atoms with Crippen LogP contribution in [-0.2, 0) is 10.0 Å². The highest BCUT2D eigenvalue weighted by Gasteiger charge is 2.09. The van der Waals surface area contributed by atoms with Crippen LogP contribution in [0.25, 0.3) is 0 Å². The Kier molecular flexibility index (Phi) is 6.10. The number of aromatic nitrogens is 2. The molecule has 1 heterocycles. The number of anilines is 3. The van der Waals surface area contributed by atoms with Gasteiger partial charge in [-0.15, -0.1) is 0 Å². The Labute approximate surface area is 148 Å². The van der Waals surface area contributed by atoms with Crippen LogP contribution in [0.1, 0.15) is 13.3 Å². The molecule has 0 aliphatic rings. The van der Waals surface area contributed by atoms with Gasteiger partial charge >= 0.3 is 0 Å². The molecular weight excluding hydrogens is 398 g/mol. The SMILES string of the molecule is CCC(O)CNc1nc(Nc2ccc(S(N)(=O)=O)cc2)ncc1Br. The second-order valence-corrected chi connectivity index (χ2v) is 7.44. The average molecular weight is 416 g/mol. The number of hydrogen-bond acceptors (Lipinski definition) is 7. The highest BCUT2D eigenvalue weighted by molar-refractivity contribution is 9.10. The predicted molar refractivity (Wildman–Crippen MR) is 95.6 cm³/mol. The van der Waals surface area contributed by atoms with Crippen LogP contribution in [0, 0.1) is 0 Å². The molecule has 0 aliphatic carbocycles. The van der Waals surface area contributed by atoms with Gasteiger partial charge in [-0.3, -0.25) is 0 Å². The molecule has 0 bridgehead atoms. The number of primary sulfonamides is 1. The van der Waals surface area contributed by atoms with Gasteiger partial charge in [-0.25, -0.2) is 18.5 Å². The lowest BCUT2D eigenvalue weighted by molar-refractivity contribution is 0.183. The van der Waals surface area contributed by atoms with E-state index in [1.54, 1.807) is 18.3 Å². The third-order valence-corrected chi connectivity index (χ3v) is 4.67. The number of sulfonamides is 1. The zero-order valence-electron chi connectivity index (χ0n) is 12.9. The molecule has 0 aliphatic heterocycles. The summed E-state index contributed by atoms with van der Waals surface area (Å²) in [4.78, 5) is 8.48. The third-order valence-electron chi connectivity index (χ3n) is 3.16. The molecule has 2 rings (SSSR count). The van der Waals surface area contributed by atoms with Gasteiger partial charge in [-0.1, -0.05) is 6.92 Å². The van der Waals surface area contributed by atoms with Gasteiger partial charge < -0.3 is 15.7 Å². The first kappa shape index (κ1) is 18.6. The van der Waals surface area contributed by atoms with Crippen molar-refractivity contribution < 1.29 is 13.5 Å². The topological polar surface area (TPSA) is 130 Å². The number of nitrogens with one attached hydrogen (secondary N) is 2. The molecule has 1 unspecified atom stereocenters. The van der Waals surface area contributed by atoms with Crippen molar-refractivity contribution in [3.05, 3.63) is 34.9 Å². The molecule has 1 aromatic carbocycles. The highest BCUT2D eigenvalue weighted by Crippen LogP contribution is 2.22. The number of halogens is 1. The summed E-state index contributed by atoms with van der Waals surface area (Å²) in [5.41, 5.74) is 0.615. The van der Waals surface area contributed by atoms with E-state index in [4.69, 9.17) is 5.14 Å². The van der Waals surface area contributed by atoms with Crippen LogP contribution < -0.4 is 15.8 Å². The van der Waals surface area contributed by atoms with Crippen LogP contribution in [0.4, 0.5) is 17.5 Å². The largest absolute Gasteiger partial charge is 0.391 e. The smallest absolute Gasteiger partial charge is 0.238 e. The van der Waals surface area contributed by atoms with Gasteiger partial charge in [0.25, 0.3) is 0 Å². The summed E-state index contributed by atoms with van der Waals surface area (Å²) in [6.45, 7) is 2.26. The number of hydrogen-bond donors (Lipinski definition) is 4. The lowest BCUT2D eigenvalue weighted by Gasteiger charge is -2.12. The first-order valence-corrected chi connectivity index (χ1v) is 9.48. The molecule has 130 valence electrons. The maximum atomic E-state index is 11.2. The second kappa shape index (κ2) is 7.88. The Hall–Kier alpha value is -1.75. The molecule has 0 radical (unpaired) electrons. The van der Waals surface area contributed by atoms with E-state index in [1.807, 2.05) is 6.92 Å². The van der Waals surface area contributed by atoms with Crippen LogP contribution in [0.15, 0.2) is 39.8 Å². The maximum absolute atomic E-state index is 11.2. The van der Waals surface area contributed by atoms with Crippen molar-refractivity contribution in [1.82, 2.24) is 9.97 Å². The number of nitrogens with zero attached hydrogens (tertiary/aromatic N) is 2. The van der Waals surface area contributed by atoms with Crippen LogP contribution in [0.2, 0.25) is 0 Å². The van der Waals surface area contributed by atoms with Crippen molar-refractivity contribution in [1.29, 1.82) is 0 Å². The molecule has 5 N–H and O–H groups in total. The molecule has 10 heteroatoms. The minimum atomic E-state index is -3.72. The summed E-state index contributed by atoms with van der Waals surface area (Å²) in [6.07, 6.45) is 1.75. The predicted octanol–water partition coefficient (Wildman–Crippen LogP) is 1.81. The molecule has 0 saturated carbocycles. The number of nitrogens with two attached hydrogens (primary N) is 1. The molecule has 0 saturated heterocycles. The van der Waals surface area contributed by atoms with Crippen LogP contribution in [0.3, 0.4) is 0 Å². The summed E-state index contributed by atoms with van der Waals surface area (Å²) >= 11 is 3.34. The lowest BCUT2D eigenvalue weighted by Crippen LogP contribution is -2.19. The van der Waals surface area contributed by atoms with E-state index in [0.717, 1.165) is 0 Å². The Balaban J connectivity index is 2.12. The highest BCUT2D eigenvalue weighted by atomic mass is 79.9. The zero-order chi connectivity index (χ0) is 17.7. The van der Waals surface area contributed by atoms with Crippen molar-refractivity contribution in [3.63, 3.8) is 0 Å². The molecule has 1 atom stereocenters. The Morgan fingerprint density at radius 2 is 2.00 bits per heavy atom. The first-order valence-electron chi connectivity index (χ1n) is 7.14. The van der Waals surface area contributed by atoms with Crippen LogP contribution >= 0.6 is 15.9 Å². The van der Waals surface area contributed by atoms with E-state index in [-0.39, 0.29) is 4.90 Å². The number of aliphatic hydroxyl groups excluding tert-OH is 1. The molecule has 0 spiro atoms. The molecule has 8 nitrogen and oxygen atoms in total. The van der Waals surface area contributed by atoms with Gasteiger partial charge in [0, 0.05) is 18.4 Å². The minimum absolute atomic E-state index is 0.0284. The molecular formula is C14H18BrN5O3S. The fraction of sp³-hybridized carbons (Fsp3) is 0.286. The summed E-state index contributed by atoms with van der Waals surface area (Å²) in [5.74, 6) is 0.871. The summed E-state index contributed by atoms with van der Waals surface area (Å²) in [5, 5.41) is 20.7. The van der Waals surface area contributed by atoms with E-state index in [1.165, 1.54) is 12.1 Å². The standard InChI is InChI=1S/C14H18BrN5O3S/c1-2-10(21)7-17-13-12(15)8-18-14(20-13)19-9-3-5-11(6-4-9)24(16,22)23/h3-6,8,10,21H,2,7H2,1H3,(H2,16,22,23)(H2,17,18,19,20). The van der Waals surface area contributed by atoms with Crippen LogP contribution in [0.5, 0.6) is 0 Å². The van der Waals surface area contributed by atoms with Gasteiger partial charge in [0.2, 0.25) is 16.0 Å². The van der Waals surface area contributed by atoms with Gasteiger partial charge in [-0.05, 0) is 46.6 Å². The van der Waals surface area contributed by atoms with Crippen molar-refractivity contribution in [3.8, 4) is 0 Å². The van der Waals surface area contributed by atoms with E-state index >= 15 is 0 Å². The van der Waals surface area contributed by atoms with E-state index in [0.29, 0.717) is 34.9 Å². The van der Waals surface area contributed by atoms with Crippen molar-refractivity contribution in [2.75, 3.05) is 17.2 Å². The molecule has 24 heavy (non-hydrogen) atoms. The van der Waals surface area contributed by atoms with E-state index in [9.17, 15) is 13.5 Å². The summed E-state index contributed by atoms with van der Waals surface area (Å²) in [7, 11) is -3.72. The molecule has 0 fully saturated rings. The minimum Gasteiger partial charge on any atom is -0.391 e. The zero-order valence-corrected chi connectivity index (χ0v) is 15.3. The Morgan fingerprint density at radius 1 is 1.33 bits per heavy atom. The molecule has 2 aromatic rings. The summed E-state index contributed by atoms with van der Waals surface area (Å²) < 4.78 is 23.1. The van der Waals surface area contributed by atoms with Gasteiger partial charge in [-0.2, -0.15) is 4.98 Å². The van der Waals surface area contributed by atoms with E-state index in [2.05, 4.69) is 36.5 Å². The molecule has 0 amide bonds. The second-order valence-electron chi connectivity index (χ2n) is 5.03. The van der Waals surface area contributed by atoms with Gasteiger partial charge in [0.1, 0.15) is 5.82 Å². The maximum Gasteiger partial charge on any atom is 0.238 e. The van der Waals surface area contributed by atoms with Crippen molar-refractivity contribution in [2.45, 2.75) is 24.3 Å². The number of benzene rings is 1. The normalized spacial score (nSPS) is 12.7. The number of aliphatic hydroxyl groups is 1. The average Bonchev–Trinajstić information content (AvgIpc) is 2.54. The van der Waals surface area contributed by atoms with Gasteiger partial charge in [0.15, 0.2) is 0 Å². The third kappa shape index (κ3) is 5.13. The molecule has 1 aromatic heterocycles. The summed E-state index contributed by atoms with van der Waals surface area (Å²) in [6, 6.07) is 5.93. The van der Waals surface area contributed by atoms with Crippen molar-refractivity contribution in [2.24, 2.45) is 5.14 Å². The lowest BCUT2D eigenvalue weighted by atomic mass is 10.3. The first-order chi connectivity index (χ1) is 11.3. The Morgan fingerprint density at radius 3 is 2.58 bits per heavy atom.